The fourth-order valence-corrected chi connectivity index (χ4v) is 1.64. The third kappa shape index (κ3) is 4.11. The molecule has 1 unspecified atom stereocenters. The first-order valence-corrected chi connectivity index (χ1v) is 5.17. The fraction of sp³-hybridized carbons (Fsp3) is 0.727. The Kier molecular flexibility index (Phi) is 4.00. The van der Waals surface area contributed by atoms with E-state index in [-0.39, 0.29) is 0 Å². The number of rotatable bonds is 4. The number of nitrogens with zero attached hydrogens (tertiary/aromatic N) is 1. The highest BCUT2D eigenvalue weighted by Gasteiger charge is 2.10. The molecule has 0 saturated heterocycles. The Bertz CT molecular complexity index is 204. The summed E-state index contributed by atoms with van der Waals surface area (Å²) in [4.78, 5) is 4.04. The van der Waals surface area contributed by atoms with Crippen molar-refractivity contribution >= 4 is 5.84 Å². The number of allylic oxidation sites excluding steroid dienone is 1. The summed E-state index contributed by atoms with van der Waals surface area (Å²) >= 11 is 0. The second-order valence-corrected chi connectivity index (χ2v) is 4.25. The van der Waals surface area contributed by atoms with E-state index in [2.05, 4.69) is 24.9 Å². The summed E-state index contributed by atoms with van der Waals surface area (Å²) in [6.07, 6.45) is 8.86. The second kappa shape index (κ2) is 5.05. The van der Waals surface area contributed by atoms with E-state index >= 15 is 0 Å². The van der Waals surface area contributed by atoms with E-state index < -0.39 is 0 Å². The van der Waals surface area contributed by atoms with Crippen molar-refractivity contribution in [3.63, 3.8) is 0 Å². The van der Waals surface area contributed by atoms with Gasteiger partial charge in [-0.2, -0.15) is 0 Å². The maximum Gasteiger partial charge on any atom is 0.0994 e. The first-order valence-electron chi connectivity index (χ1n) is 5.17. The zero-order valence-corrected chi connectivity index (χ0v) is 8.66. The van der Waals surface area contributed by atoms with Crippen molar-refractivity contribution < 1.29 is 0 Å². The van der Waals surface area contributed by atoms with Gasteiger partial charge in [0.15, 0.2) is 0 Å². The van der Waals surface area contributed by atoms with E-state index in [9.17, 15) is 0 Å². The molecular formula is C11H20N2. The van der Waals surface area contributed by atoms with Crippen molar-refractivity contribution in [3.05, 3.63) is 12.3 Å². The van der Waals surface area contributed by atoms with E-state index in [0.717, 1.165) is 18.2 Å². The minimum Gasteiger partial charge on any atom is -0.387 e. The SMILES string of the molecule is CC(C)CCCC1C=CN=C(N)C1. The van der Waals surface area contributed by atoms with Crippen LogP contribution in [-0.4, -0.2) is 5.84 Å². The lowest BCUT2D eigenvalue weighted by Gasteiger charge is -2.15. The van der Waals surface area contributed by atoms with Gasteiger partial charge in [-0.15, -0.1) is 0 Å². The zero-order chi connectivity index (χ0) is 9.68. The van der Waals surface area contributed by atoms with Crippen molar-refractivity contribution in [2.45, 2.75) is 39.5 Å². The maximum atomic E-state index is 5.66. The lowest BCUT2D eigenvalue weighted by atomic mass is 9.94. The highest BCUT2D eigenvalue weighted by molar-refractivity contribution is 5.82. The summed E-state index contributed by atoms with van der Waals surface area (Å²) < 4.78 is 0. The van der Waals surface area contributed by atoms with Gasteiger partial charge in [0.1, 0.15) is 0 Å². The second-order valence-electron chi connectivity index (χ2n) is 4.25. The molecule has 1 aliphatic rings. The van der Waals surface area contributed by atoms with Crippen molar-refractivity contribution in [1.82, 2.24) is 0 Å². The Morgan fingerprint density at radius 1 is 1.62 bits per heavy atom. The van der Waals surface area contributed by atoms with Crippen LogP contribution in [0.1, 0.15) is 39.5 Å². The van der Waals surface area contributed by atoms with E-state index in [1.54, 1.807) is 0 Å². The summed E-state index contributed by atoms with van der Waals surface area (Å²) in [5.74, 6) is 2.24. The minimum atomic E-state index is 0.635. The molecular weight excluding hydrogens is 160 g/mol. The Morgan fingerprint density at radius 2 is 2.38 bits per heavy atom. The predicted molar refractivity (Wildman–Crippen MR) is 57.6 cm³/mol. The lowest BCUT2D eigenvalue weighted by Crippen LogP contribution is -2.18. The van der Waals surface area contributed by atoms with Crippen molar-refractivity contribution in [1.29, 1.82) is 0 Å². The molecule has 0 bridgehead atoms. The van der Waals surface area contributed by atoms with Gasteiger partial charge in [-0.25, -0.2) is 4.99 Å². The van der Waals surface area contributed by atoms with Gasteiger partial charge >= 0.3 is 0 Å². The van der Waals surface area contributed by atoms with E-state index in [1.807, 2.05) is 6.20 Å². The molecule has 1 atom stereocenters. The van der Waals surface area contributed by atoms with Crippen LogP contribution >= 0.6 is 0 Å². The van der Waals surface area contributed by atoms with Crippen molar-refractivity contribution in [2.75, 3.05) is 0 Å². The van der Waals surface area contributed by atoms with Crippen LogP contribution in [-0.2, 0) is 0 Å². The number of amidine groups is 1. The van der Waals surface area contributed by atoms with Gasteiger partial charge in [0, 0.05) is 12.6 Å². The highest BCUT2D eigenvalue weighted by atomic mass is 14.8. The summed E-state index contributed by atoms with van der Waals surface area (Å²) in [5, 5.41) is 0. The average molecular weight is 180 g/mol. The van der Waals surface area contributed by atoms with Gasteiger partial charge in [-0.05, 0) is 18.3 Å². The summed E-state index contributed by atoms with van der Waals surface area (Å²) in [7, 11) is 0. The summed E-state index contributed by atoms with van der Waals surface area (Å²) in [6, 6.07) is 0. The zero-order valence-electron chi connectivity index (χ0n) is 8.66. The van der Waals surface area contributed by atoms with Crippen LogP contribution in [0.15, 0.2) is 17.3 Å². The van der Waals surface area contributed by atoms with Crippen LogP contribution in [0.3, 0.4) is 0 Å². The van der Waals surface area contributed by atoms with Crippen LogP contribution in [0, 0.1) is 11.8 Å². The molecule has 0 radical (unpaired) electrons. The maximum absolute atomic E-state index is 5.66. The Hall–Kier alpha value is -0.790. The lowest BCUT2D eigenvalue weighted by molar-refractivity contribution is 0.489. The van der Waals surface area contributed by atoms with E-state index in [0.29, 0.717) is 5.92 Å². The van der Waals surface area contributed by atoms with Gasteiger partial charge in [-0.1, -0.05) is 32.8 Å². The molecule has 0 aromatic carbocycles. The molecule has 0 spiro atoms. The smallest absolute Gasteiger partial charge is 0.0994 e. The Morgan fingerprint density at radius 3 is 3.00 bits per heavy atom. The van der Waals surface area contributed by atoms with Gasteiger partial charge in [0.2, 0.25) is 0 Å². The van der Waals surface area contributed by atoms with Gasteiger partial charge in [0.25, 0.3) is 0 Å². The van der Waals surface area contributed by atoms with Crippen LogP contribution < -0.4 is 5.73 Å². The largest absolute Gasteiger partial charge is 0.387 e. The minimum absolute atomic E-state index is 0.635. The van der Waals surface area contributed by atoms with Gasteiger partial charge < -0.3 is 5.73 Å². The molecule has 0 amide bonds. The van der Waals surface area contributed by atoms with Crippen molar-refractivity contribution in [2.24, 2.45) is 22.6 Å². The number of nitrogens with two attached hydrogens (primary N) is 1. The standard InChI is InChI=1S/C11H20N2/c1-9(2)4-3-5-10-6-7-13-11(12)8-10/h6-7,9-10H,3-5,8H2,1-2H3,(H2,12,13). The first kappa shape index (κ1) is 10.3. The van der Waals surface area contributed by atoms with Gasteiger partial charge in [-0.3, -0.25) is 0 Å². The van der Waals surface area contributed by atoms with E-state index in [4.69, 9.17) is 5.73 Å². The van der Waals surface area contributed by atoms with Crippen molar-refractivity contribution in [3.8, 4) is 0 Å². The molecule has 0 aliphatic carbocycles. The van der Waals surface area contributed by atoms with Crippen LogP contribution in [0.4, 0.5) is 0 Å². The molecule has 2 heteroatoms. The third-order valence-electron chi connectivity index (χ3n) is 2.43. The first-order chi connectivity index (χ1) is 6.18. The fourth-order valence-electron chi connectivity index (χ4n) is 1.64. The molecule has 0 aromatic heterocycles. The molecule has 2 N–H and O–H groups in total. The number of hydrogen-bond donors (Lipinski definition) is 1. The monoisotopic (exact) mass is 180 g/mol. The number of hydrogen-bond acceptors (Lipinski definition) is 2. The molecule has 1 aliphatic heterocycles. The summed E-state index contributed by atoms with van der Waals surface area (Å²) in [6.45, 7) is 4.54. The topological polar surface area (TPSA) is 38.4 Å². The summed E-state index contributed by atoms with van der Waals surface area (Å²) in [5.41, 5.74) is 5.66. The molecule has 2 nitrogen and oxygen atoms in total. The van der Waals surface area contributed by atoms with Crippen LogP contribution in [0.5, 0.6) is 0 Å². The third-order valence-corrected chi connectivity index (χ3v) is 2.43. The predicted octanol–water partition coefficient (Wildman–Crippen LogP) is 2.70. The Balaban J connectivity index is 2.17. The number of aliphatic imine (C=N–C) groups is 1. The molecule has 13 heavy (non-hydrogen) atoms. The van der Waals surface area contributed by atoms with E-state index in [1.165, 1.54) is 19.3 Å². The molecule has 0 saturated carbocycles. The quantitative estimate of drug-likeness (QED) is 0.709. The van der Waals surface area contributed by atoms with Gasteiger partial charge in [0.05, 0.1) is 5.84 Å². The normalized spacial score (nSPS) is 22.1. The molecule has 1 rings (SSSR count). The molecule has 1 heterocycles. The molecule has 74 valence electrons. The molecule has 0 aromatic rings. The average Bonchev–Trinajstić information content (AvgIpc) is 2.03. The Labute approximate surface area is 80.9 Å². The van der Waals surface area contributed by atoms with Crippen LogP contribution in [0.25, 0.3) is 0 Å². The van der Waals surface area contributed by atoms with Crippen LogP contribution in [0.2, 0.25) is 0 Å². The molecule has 0 fully saturated rings. The highest BCUT2D eigenvalue weighted by Crippen LogP contribution is 2.19.